The molecule has 2 fully saturated rings. The largest absolute Gasteiger partial charge is 0.338 e. The molecular formula is C22H26N2O4. The zero-order chi connectivity index (χ0) is 19.7. The van der Waals surface area contributed by atoms with Crippen LogP contribution in [0.5, 0.6) is 0 Å². The maximum atomic E-state index is 12.9. The van der Waals surface area contributed by atoms with E-state index in [1.54, 1.807) is 0 Å². The van der Waals surface area contributed by atoms with Gasteiger partial charge < -0.3 is 9.69 Å². The minimum Gasteiger partial charge on any atom is -0.338 e. The third-order valence-electron chi connectivity index (χ3n) is 6.51. The third kappa shape index (κ3) is 3.73. The molecule has 2 heterocycles. The lowest BCUT2D eigenvalue weighted by Gasteiger charge is -2.34. The molecule has 1 aliphatic carbocycles. The van der Waals surface area contributed by atoms with E-state index in [-0.39, 0.29) is 35.5 Å². The molecule has 0 bridgehead atoms. The average Bonchev–Trinajstić information content (AvgIpc) is 2.72. The quantitative estimate of drug-likeness (QED) is 0.641. The molecule has 1 saturated carbocycles. The van der Waals surface area contributed by atoms with Crippen LogP contribution in [-0.2, 0) is 32.1 Å². The molecular weight excluding hydrogens is 356 g/mol. The second-order valence-electron chi connectivity index (χ2n) is 8.29. The van der Waals surface area contributed by atoms with Crippen molar-refractivity contribution in [3.05, 3.63) is 34.9 Å². The van der Waals surface area contributed by atoms with Crippen LogP contribution < -0.4 is 5.32 Å². The summed E-state index contributed by atoms with van der Waals surface area (Å²) in [4.78, 5) is 49.2. The first-order valence-electron chi connectivity index (χ1n) is 10.2. The summed E-state index contributed by atoms with van der Waals surface area (Å²) in [6, 6.07) is 6.06. The Hall–Kier alpha value is -2.50. The van der Waals surface area contributed by atoms with Gasteiger partial charge in [-0.2, -0.15) is 0 Å². The zero-order valence-corrected chi connectivity index (χ0v) is 16.0. The number of carbonyl (C=O) groups excluding carboxylic acids is 4. The van der Waals surface area contributed by atoms with Gasteiger partial charge >= 0.3 is 0 Å². The van der Waals surface area contributed by atoms with Gasteiger partial charge in [0.15, 0.2) is 0 Å². The number of hydrogen-bond acceptors (Lipinski definition) is 4. The molecule has 1 N–H and O–H groups in total. The molecule has 1 aromatic rings. The number of imide groups is 1. The van der Waals surface area contributed by atoms with Crippen LogP contribution in [-0.4, -0.2) is 35.5 Å². The topological polar surface area (TPSA) is 83.6 Å². The summed E-state index contributed by atoms with van der Waals surface area (Å²) < 4.78 is 0. The Kier molecular flexibility index (Phi) is 5.29. The molecule has 3 aliphatic rings. The normalized spacial score (nSPS) is 27.7. The summed E-state index contributed by atoms with van der Waals surface area (Å²) in [7, 11) is 0. The first-order chi connectivity index (χ1) is 13.5. The average molecular weight is 382 g/mol. The van der Waals surface area contributed by atoms with Crippen LogP contribution in [0.4, 0.5) is 0 Å². The van der Waals surface area contributed by atoms with Gasteiger partial charge in [-0.05, 0) is 55.2 Å². The predicted molar refractivity (Wildman–Crippen MR) is 102 cm³/mol. The third-order valence-corrected chi connectivity index (χ3v) is 6.51. The highest BCUT2D eigenvalue weighted by Crippen LogP contribution is 2.32. The van der Waals surface area contributed by atoms with Gasteiger partial charge in [0.1, 0.15) is 6.29 Å². The maximum Gasteiger partial charge on any atom is 0.234 e. The molecule has 1 aromatic carbocycles. The number of piperidine rings is 1. The highest BCUT2D eigenvalue weighted by atomic mass is 16.2. The van der Waals surface area contributed by atoms with Crippen molar-refractivity contribution in [1.29, 1.82) is 0 Å². The SMILES string of the molecule is O=CC1CCC(C(=O)N2CCc3cc([C@H]4CCC(=O)NC4=O)ccc3C2)CC1. The number of nitrogens with one attached hydrogen (secondary N) is 1. The van der Waals surface area contributed by atoms with Gasteiger partial charge in [0.2, 0.25) is 17.7 Å². The summed E-state index contributed by atoms with van der Waals surface area (Å²) in [6.45, 7) is 1.30. The fourth-order valence-electron chi connectivity index (χ4n) is 4.75. The molecule has 0 unspecified atom stereocenters. The van der Waals surface area contributed by atoms with Crippen molar-refractivity contribution >= 4 is 24.0 Å². The molecule has 0 radical (unpaired) electrons. The predicted octanol–water partition coefficient (Wildman–Crippen LogP) is 2.10. The standard InChI is InChI=1S/C22H26N2O4/c25-13-14-1-3-15(4-2-14)22(28)24-10-9-16-11-17(5-6-18(16)12-24)19-7-8-20(26)23-21(19)27/h5-6,11,13-15,19H,1-4,7-10,12H2,(H,23,26,27)/t14?,15?,19-/m1/s1. The van der Waals surface area contributed by atoms with E-state index in [0.29, 0.717) is 25.9 Å². The first-order valence-corrected chi connectivity index (χ1v) is 10.2. The van der Waals surface area contributed by atoms with E-state index in [0.717, 1.165) is 49.5 Å². The number of hydrogen-bond donors (Lipinski definition) is 1. The smallest absolute Gasteiger partial charge is 0.234 e. The van der Waals surface area contributed by atoms with Crippen molar-refractivity contribution in [2.75, 3.05) is 6.54 Å². The van der Waals surface area contributed by atoms with E-state index in [1.807, 2.05) is 17.0 Å². The van der Waals surface area contributed by atoms with E-state index in [2.05, 4.69) is 11.4 Å². The molecule has 0 aromatic heterocycles. The minimum absolute atomic E-state index is 0.0421. The Labute approximate surface area is 164 Å². The Morgan fingerprint density at radius 2 is 1.82 bits per heavy atom. The van der Waals surface area contributed by atoms with Crippen molar-refractivity contribution in [3.63, 3.8) is 0 Å². The summed E-state index contributed by atoms with van der Waals surface area (Å²) >= 11 is 0. The van der Waals surface area contributed by atoms with E-state index in [1.165, 1.54) is 5.56 Å². The molecule has 6 heteroatoms. The van der Waals surface area contributed by atoms with Crippen LogP contribution in [0.1, 0.15) is 61.1 Å². The van der Waals surface area contributed by atoms with Gasteiger partial charge in [0, 0.05) is 31.3 Å². The monoisotopic (exact) mass is 382 g/mol. The van der Waals surface area contributed by atoms with Gasteiger partial charge in [0.25, 0.3) is 0 Å². The molecule has 2 aliphatic heterocycles. The minimum atomic E-state index is -0.268. The Balaban J connectivity index is 1.42. The van der Waals surface area contributed by atoms with Crippen LogP contribution in [0.2, 0.25) is 0 Å². The number of fused-ring (bicyclic) bond motifs is 1. The fourth-order valence-corrected chi connectivity index (χ4v) is 4.75. The van der Waals surface area contributed by atoms with Crippen molar-refractivity contribution in [1.82, 2.24) is 10.2 Å². The molecule has 4 rings (SSSR count). The summed E-state index contributed by atoms with van der Waals surface area (Å²) in [5.41, 5.74) is 3.28. The lowest BCUT2D eigenvalue weighted by atomic mass is 9.81. The Morgan fingerprint density at radius 1 is 1.04 bits per heavy atom. The van der Waals surface area contributed by atoms with Crippen molar-refractivity contribution in [2.45, 2.75) is 57.4 Å². The van der Waals surface area contributed by atoms with Crippen molar-refractivity contribution < 1.29 is 19.2 Å². The molecule has 3 amide bonds. The van der Waals surface area contributed by atoms with E-state index in [4.69, 9.17) is 0 Å². The van der Waals surface area contributed by atoms with E-state index < -0.39 is 0 Å². The van der Waals surface area contributed by atoms with E-state index >= 15 is 0 Å². The zero-order valence-electron chi connectivity index (χ0n) is 16.0. The van der Waals surface area contributed by atoms with Crippen molar-refractivity contribution in [2.24, 2.45) is 11.8 Å². The van der Waals surface area contributed by atoms with Gasteiger partial charge in [-0.3, -0.25) is 19.7 Å². The van der Waals surface area contributed by atoms with Crippen LogP contribution in [0.15, 0.2) is 18.2 Å². The maximum absolute atomic E-state index is 12.9. The number of benzene rings is 1. The lowest BCUT2D eigenvalue weighted by molar-refractivity contribution is -0.138. The highest BCUT2D eigenvalue weighted by molar-refractivity contribution is 6.00. The molecule has 0 spiro atoms. The number of amides is 3. The van der Waals surface area contributed by atoms with Gasteiger partial charge in [-0.15, -0.1) is 0 Å². The number of aldehydes is 1. The summed E-state index contributed by atoms with van der Waals surface area (Å²) in [5, 5.41) is 2.42. The van der Waals surface area contributed by atoms with Crippen molar-refractivity contribution in [3.8, 4) is 0 Å². The molecule has 6 nitrogen and oxygen atoms in total. The number of rotatable bonds is 3. The second-order valence-corrected chi connectivity index (χ2v) is 8.29. The van der Waals surface area contributed by atoms with Crippen LogP contribution >= 0.6 is 0 Å². The Morgan fingerprint density at radius 3 is 2.54 bits per heavy atom. The lowest BCUT2D eigenvalue weighted by Crippen LogP contribution is -2.41. The second kappa shape index (κ2) is 7.86. The molecule has 148 valence electrons. The summed E-state index contributed by atoms with van der Waals surface area (Å²) in [5.74, 6) is -0.303. The first kappa shape index (κ1) is 18.8. The van der Waals surface area contributed by atoms with E-state index in [9.17, 15) is 19.2 Å². The van der Waals surface area contributed by atoms with Gasteiger partial charge in [0.05, 0.1) is 5.92 Å². The highest BCUT2D eigenvalue weighted by Gasteiger charge is 2.32. The molecule has 1 atom stereocenters. The summed E-state index contributed by atoms with van der Waals surface area (Å²) in [6.07, 6.45) is 5.99. The number of carbonyl (C=O) groups is 4. The molecule has 1 saturated heterocycles. The van der Waals surface area contributed by atoms with Crippen LogP contribution in [0, 0.1) is 11.8 Å². The number of nitrogens with zero attached hydrogens (tertiary/aromatic N) is 1. The Bertz CT molecular complexity index is 811. The van der Waals surface area contributed by atoms with Gasteiger partial charge in [-0.1, -0.05) is 18.2 Å². The van der Waals surface area contributed by atoms with Crippen LogP contribution in [0.3, 0.4) is 0 Å². The van der Waals surface area contributed by atoms with Gasteiger partial charge in [-0.25, -0.2) is 0 Å². The molecule has 28 heavy (non-hydrogen) atoms. The fraction of sp³-hybridized carbons (Fsp3) is 0.545. The van der Waals surface area contributed by atoms with Crippen LogP contribution in [0.25, 0.3) is 0 Å².